The van der Waals surface area contributed by atoms with Crippen LogP contribution in [0.3, 0.4) is 0 Å². The summed E-state index contributed by atoms with van der Waals surface area (Å²) in [5.74, 6) is 1.26. The first kappa shape index (κ1) is 14.4. The van der Waals surface area contributed by atoms with Crippen molar-refractivity contribution in [3.05, 3.63) is 15.6 Å². The number of nitrogens with zero attached hydrogens (tertiary/aromatic N) is 1. The second-order valence-electron chi connectivity index (χ2n) is 4.87. The molecule has 1 aromatic heterocycles. The highest BCUT2D eigenvalue weighted by atomic mass is 32.2. The van der Waals surface area contributed by atoms with Crippen molar-refractivity contribution < 1.29 is 0 Å². The normalized spacial score (nSPS) is 16.6. The van der Waals surface area contributed by atoms with Gasteiger partial charge in [0, 0.05) is 4.88 Å². The van der Waals surface area contributed by atoms with Gasteiger partial charge in [0.1, 0.15) is 5.01 Å². The number of thiazole rings is 1. The first-order valence-electron chi connectivity index (χ1n) is 7.06. The van der Waals surface area contributed by atoms with E-state index >= 15 is 0 Å². The molecule has 102 valence electrons. The molecule has 0 spiro atoms. The lowest BCUT2D eigenvalue weighted by molar-refractivity contribution is 0.507. The maximum Gasteiger partial charge on any atom is 0.110 e. The summed E-state index contributed by atoms with van der Waals surface area (Å²) in [5.41, 5.74) is 1.40. The number of thioether (sulfide) groups is 1. The van der Waals surface area contributed by atoms with Gasteiger partial charge in [0.05, 0.1) is 11.7 Å². The van der Waals surface area contributed by atoms with Gasteiger partial charge in [-0.25, -0.2) is 4.98 Å². The molecule has 0 saturated carbocycles. The highest BCUT2D eigenvalue weighted by Crippen LogP contribution is 2.31. The van der Waals surface area contributed by atoms with E-state index in [2.05, 4.69) is 18.5 Å². The Bertz CT molecular complexity index is 339. The lowest BCUT2D eigenvalue weighted by Gasteiger charge is -2.14. The van der Waals surface area contributed by atoms with Gasteiger partial charge in [-0.1, -0.05) is 6.92 Å². The fourth-order valence-corrected chi connectivity index (χ4v) is 4.23. The highest BCUT2D eigenvalue weighted by Gasteiger charge is 2.20. The molecule has 0 aromatic carbocycles. The molecule has 1 aliphatic rings. The monoisotopic (exact) mass is 284 g/mol. The van der Waals surface area contributed by atoms with Crippen LogP contribution in [0.5, 0.6) is 0 Å². The summed E-state index contributed by atoms with van der Waals surface area (Å²) >= 11 is 3.90. The summed E-state index contributed by atoms with van der Waals surface area (Å²) in [5, 5.41) is 4.94. The largest absolute Gasteiger partial charge is 0.308 e. The zero-order valence-corrected chi connectivity index (χ0v) is 13.1. The molecule has 1 N–H and O–H groups in total. The van der Waals surface area contributed by atoms with Gasteiger partial charge in [0.25, 0.3) is 0 Å². The molecule has 0 fully saturated rings. The number of fused-ring (bicyclic) bond motifs is 1. The number of aryl methyl sites for hydroxylation is 2. The van der Waals surface area contributed by atoms with Gasteiger partial charge in [0.15, 0.2) is 0 Å². The minimum atomic E-state index is 0.484. The van der Waals surface area contributed by atoms with Crippen molar-refractivity contribution in [2.24, 2.45) is 0 Å². The second-order valence-corrected chi connectivity index (χ2v) is 6.98. The molecular weight excluding hydrogens is 260 g/mol. The van der Waals surface area contributed by atoms with Crippen LogP contribution in [-0.4, -0.2) is 23.5 Å². The van der Waals surface area contributed by atoms with E-state index in [1.54, 1.807) is 4.88 Å². The maximum absolute atomic E-state index is 4.90. The maximum atomic E-state index is 4.90. The SMILES string of the molecule is CCNC(CCCSC)c1nc2c(s1)CCCC2. The summed E-state index contributed by atoms with van der Waals surface area (Å²) in [6, 6.07) is 0.484. The van der Waals surface area contributed by atoms with Crippen LogP contribution in [0.25, 0.3) is 0 Å². The van der Waals surface area contributed by atoms with Crippen molar-refractivity contribution in [1.82, 2.24) is 10.3 Å². The van der Waals surface area contributed by atoms with E-state index in [1.165, 1.54) is 55.0 Å². The van der Waals surface area contributed by atoms with Crippen LogP contribution in [0.2, 0.25) is 0 Å². The van der Waals surface area contributed by atoms with Crippen molar-refractivity contribution in [1.29, 1.82) is 0 Å². The topological polar surface area (TPSA) is 24.9 Å². The van der Waals surface area contributed by atoms with Gasteiger partial charge in [-0.3, -0.25) is 0 Å². The van der Waals surface area contributed by atoms with E-state index < -0.39 is 0 Å². The number of aromatic nitrogens is 1. The Labute approximate surface area is 119 Å². The number of hydrogen-bond acceptors (Lipinski definition) is 4. The number of rotatable bonds is 7. The molecule has 18 heavy (non-hydrogen) atoms. The Balaban J connectivity index is 2.02. The standard InChI is InChI=1S/C14H24N2S2/c1-3-15-12(8-6-10-17-2)14-16-11-7-4-5-9-13(11)18-14/h12,15H,3-10H2,1-2H3. The molecule has 1 aliphatic carbocycles. The minimum Gasteiger partial charge on any atom is -0.308 e. The molecule has 1 atom stereocenters. The van der Waals surface area contributed by atoms with Crippen LogP contribution in [-0.2, 0) is 12.8 Å². The fourth-order valence-electron chi connectivity index (χ4n) is 2.51. The molecular formula is C14H24N2S2. The van der Waals surface area contributed by atoms with Crippen LogP contribution in [0.4, 0.5) is 0 Å². The zero-order chi connectivity index (χ0) is 12.8. The lowest BCUT2D eigenvalue weighted by Crippen LogP contribution is -2.21. The van der Waals surface area contributed by atoms with E-state index in [9.17, 15) is 0 Å². The lowest BCUT2D eigenvalue weighted by atomic mass is 10.0. The summed E-state index contributed by atoms with van der Waals surface area (Å²) in [7, 11) is 0. The van der Waals surface area contributed by atoms with Crippen LogP contribution in [0.1, 0.15) is 54.2 Å². The molecule has 0 amide bonds. The molecule has 0 radical (unpaired) electrons. The van der Waals surface area contributed by atoms with E-state index in [0.29, 0.717) is 6.04 Å². The first-order chi connectivity index (χ1) is 8.85. The van der Waals surface area contributed by atoms with E-state index in [-0.39, 0.29) is 0 Å². The smallest absolute Gasteiger partial charge is 0.110 e. The molecule has 1 heterocycles. The summed E-state index contributed by atoms with van der Waals surface area (Å²) in [6.07, 6.45) is 9.84. The predicted octanol–water partition coefficient (Wildman–Crippen LogP) is 3.82. The quantitative estimate of drug-likeness (QED) is 0.771. The van der Waals surface area contributed by atoms with E-state index in [0.717, 1.165) is 6.54 Å². The molecule has 1 unspecified atom stereocenters. The van der Waals surface area contributed by atoms with Crippen molar-refractivity contribution in [3.8, 4) is 0 Å². The van der Waals surface area contributed by atoms with Crippen molar-refractivity contribution in [2.45, 2.75) is 51.5 Å². The number of hydrogen-bond donors (Lipinski definition) is 1. The van der Waals surface area contributed by atoms with Gasteiger partial charge >= 0.3 is 0 Å². The average molecular weight is 284 g/mol. The molecule has 0 saturated heterocycles. The number of nitrogens with one attached hydrogen (secondary N) is 1. The van der Waals surface area contributed by atoms with Crippen molar-refractivity contribution >= 4 is 23.1 Å². The van der Waals surface area contributed by atoms with Crippen LogP contribution >= 0.6 is 23.1 Å². The molecule has 2 nitrogen and oxygen atoms in total. The molecule has 4 heteroatoms. The third kappa shape index (κ3) is 3.72. The summed E-state index contributed by atoms with van der Waals surface area (Å²) in [6.45, 7) is 3.23. The van der Waals surface area contributed by atoms with Crippen LogP contribution in [0, 0.1) is 0 Å². The Kier molecular flexibility index (Phi) is 5.99. The fraction of sp³-hybridized carbons (Fsp3) is 0.786. The molecule has 2 rings (SSSR count). The van der Waals surface area contributed by atoms with Crippen molar-refractivity contribution in [3.63, 3.8) is 0 Å². The van der Waals surface area contributed by atoms with E-state index in [1.807, 2.05) is 23.1 Å². The van der Waals surface area contributed by atoms with Gasteiger partial charge in [0.2, 0.25) is 0 Å². The third-order valence-electron chi connectivity index (χ3n) is 3.45. The van der Waals surface area contributed by atoms with Gasteiger partial charge in [-0.2, -0.15) is 11.8 Å². The predicted molar refractivity (Wildman–Crippen MR) is 82.8 cm³/mol. The summed E-state index contributed by atoms with van der Waals surface area (Å²) in [4.78, 5) is 6.46. The Morgan fingerprint density at radius 3 is 2.94 bits per heavy atom. The Morgan fingerprint density at radius 2 is 2.22 bits per heavy atom. The summed E-state index contributed by atoms with van der Waals surface area (Å²) < 4.78 is 0. The van der Waals surface area contributed by atoms with Gasteiger partial charge < -0.3 is 5.32 Å². The molecule has 0 aliphatic heterocycles. The average Bonchev–Trinajstić information content (AvgIpc) is 2.81. The molecule has 0 bridgehead atoms. The van der Waals surface area contributed by atoms with Gasteiger partial charge in [-0.05, 0) is 57.1 Å². The Hall–Kier alpha value is -0.0600. The van der Waals surface area contributed by atoms with Crippen LogP contribution < -0.4 is 5.32 Å². The third-order valence-corrected chi connectivity index (χ3v) is 5.42. The molecule has 1 aromatic rings. The first-order valence-corrected chi connectivity index (χ1v) is 9.27. The minimum absolute atomic E-state index is 0.484. The highest BCUT2D eigenvalue weighted by molar-refractivity contribution is 7.98. The van der Waals surface area contributed by atoms with Crippen molar-refractivity contribution in [2.75, 3.05) is 18.6 Å². The van der Waals surface area contributed by atoms with E-state index in [4.69, 9.17) is 4.98 Å². The van der Waals surface area contributed by atoms with Gasteiger partial charge in [-0.15, -0.1) is 11.3 Å². The Morgan fingerprint density at radius 1 is 1.39 bits per heavy atom. The second kappa shape index (κ2) is 7.51. The van der Waals surface area contributed by atoms with Crippen LogP contribution in [0.15, 0.2) is 0 Å². The zero-order valence-electron chi connectivity index (χ0n) is 11.5.